The highest BCUT2D eigenvalue weighted by molar-refractivity contribution is 6.31. The second-order valence-electron chi connectivity index (χ2n) is 6.10. The van der Waals surface area contributed by atoms with E-state index in [9.17, 15) is 4.79 Å². The van der Waals surface area contributed by atoms with Crippen LogP contribution in [-0.2, 0) is 0 Å². The summed E-state index contributed by atoms with van der Waals surface area (Å²) in [7, 11) is 2.12. The van der Waals surface area contributed by atoms with E-state index in [0.717, 1.165) is 37.4 Å². The van der Waals surface area contributed by atoms with Gasteiger partial charge in [-0.2, -0.15) is 0 Å². The molecular formula is C18H21ClN4O. The number of amides is 1. The molecule has 3 rings (SSSR count). The molecule has 0 unspecified atom stereocenters. The number of carbonyl (C=O) groups is 1. The van der Waals surface area contributed by atoms with E-state index in [1.54, 1.807) is 18.3 Å². The Labute approximate surface area is 147 Å². The van der Waals surface area contributed by atoms with Gasteiger partial charge in [-0.1, -0.05) is 17.7 Å². The quantitative estimate of drug-likeness (QED) is 0.929. The van der Waals surface area contributed by atoms with E-state index in [0.29, 0.717) is 16.4 Å². The lowest BCUT2D eigenvalue weighted by Crippen LogP contribution is -2.44. The Morgan fingerprint density at radius 1 is 1.17 bits per heavy atom. The summed E-state index contributed by atoms with van der Waals surface area (Å²) in [6, 6.07) is 9.23. The third-order valence-electron chi connectivity index (χ3n) is 4.29. The van der Waals surface area contributed by atoms with Gasteiger partial charge < -0.3 is 15.1 Å². The average molecular weight is 345 g/mol. The number of hydrogen-bond acceptors (Lipinski definition) is 4. The summed E-state index contributed by atoms with van der Waals surface area (Å²) >= 11 is 6.01. The maximum atomic E-state index is 12.5. The second-order valence-corrected chi connectivity index (χ2v) is 6.54. The molecule has 1 N–H and O–H groups in total. The number of piperazine rings is 1. The molecule has 1 aromatic heterocycles. The number of aryl methyl sites for hydroxylation is 1. The second kappa shape index (κ2) is 7.20. The van der Waals surface area contributed by atoms with Crippen molar-refractivity contribution in [2.24, 2.45) is 0 Å². The first-order valence-corrected chi connectivity index (χ1v) is 8.38. The fourth-order valence-electron chi connectivity index (χ4n) is 2.72. The first-order chi connectivity index (χ1) is 11.5. The van der Waals surface area contributed by atoms with Crippen LogP contribution in [0.3, 0.4) is 0 Å². The van der Waals surface area contributed by atoms with Crippen molar-refractivity contribution in [2.45, 2.75) is 6.92 Å². The number of hydrogen-bond donors (Lipinski definition) is 1. The Morgan fingerprint density at radius 2 is 1.92 bits per heavy atom. The molecule has 1 aliphatic heterocycles. The summed E-state index contributed by atoms with van der Waals surface area (Å²) in [5.41, 5.74) is 3.11. The third kappa shape index (κ3) is 3.86. The molecular weight excluding hydrogens is 324 g/mol. The van der Waals surface area contributed by atoms with Crippen molar-refractivity contribution >= 4 is 28.9 Å². The van der Waals surface area contributed by atoms with Gasteiger partial charge in [0.15, 0.2) is 0 Å². The van der Waals surface area contributed by atoms with Crippen LogP contribution in [0.5, 0.6) is 0 Å². The molecule has 0 spiro atoms. The van der Waals surface area contributed by atoms with E-state index in [1.807, 2.05) is 25.1 Å². The number of nitrogens with zero attached hydrogens (tertiary/aromatic N) is 3. The van der Waals surface area contributed by atoms with Crippen LogP contribution in [0.15, 0.2) is 36.5 Å². The molecule has 1 aliphatic rings. The number of anilines is 2. The van der Waals surface area contributed by atoms with Crippen molar-refractivity contribution in [1.29, 1.82) is 0 Å². The van der Waals surface area contributed by atoms with Crippen LogP contribution in [0, 0.1) is 6.92 Å². The van der Waals surface area contributed by atoms with Gasteiger partial charge in [0.05, 0.1) is 0 Å². The highest BCUT2D eigenvalue weighted by Gasteiger charge is 2.16. The summed E-state index contributed by atoms with van der Waals surface area (Å²) in [6.45, 7) is 5.88. The van der Waals surface area contributed by atoms with Gasteiger partial charge in [0.1, 0.15) is 5.69 Å². The lowest BCUT2D eigenvalue weighted by molar-refractivity contribution is 0.102. The molecule has 0 bridgehead atoms. The summed E-state index contributed by atoms with van der Waals surface area (Å²) in [6.07, 6.45) is 1.69. The summed E-state index contributed by atoms with van der Waals surface area (Å²) in [5, 5.41) is 3.48. The zero-order chi connectivity index (χ0) is 17.1. The van der Waals surface area contributed by atoms with Crippen LogP contribution < -0.4 is 10.2 Å². The van der Waals surface area contributed by atoms with E-state index in [2.05, 4.69) is 27.1 Å². The number of benzene rings is 1. The minimum absolute atomic E-state index is 0.226. The van der Waals surface area contributed by atoms with Crippen LogP contribution in [0.25, 0.3) is 0 Å². The number of rotatable bonds is 3. The monoisotopic (exact) mass is 344 g/mol. The minimum Gasteiger partial charge on any atom is -0.369 e. The standard InChI is InChI=1S/C18H21ClN4O/c1-13-3-4-14(19)11-16(13)21-18(24)17-12-15(5-6-20-17)23-9-7-22(2)8-10-23/h3-6,11-12H,7-10H2,1-2H3,(H,21,24). The molecule has 5 nitrogen and oxygen atoms in total. The molecule has 1 amide bonds. The van der Waals surface area contributed by atoms with Crippen molar-refractivity contribution in [3.05, 3.63) is 52.8 Å². The van der Waals surface area contributed by atoms with Gasteiger partial charge in [0.2, 0.25) is 0 Å². The maximum Gasteiger partial charge on any atom is 0.274 e. The molecule has 2 heterocycles. The van der Waals surface area contributed by atoms with Gasteiger partial charge in [0.25, 0.3) is 5.91 Å². The van der Waals surface area contributed by atoms with Crippen LogP contribution in [0.4, 0.5) is 11.4 Å². The van der Waals surface area contributed by atoms with E-state index < -0.39 is 0 Å². The van der Waals surface area contributed by atoms with E-state index in [-0.39, 0.29) is 5.91 Å². The maximum absolute atomic E-state index is 12.5. The summed E-state index contributed by atoms with van der Waals surface area (Å²) in [4.78, 5) is 21.3. The zero-order valence-electron chi connectivity index (χ0n) is 13.9. The Kier molecular flexibility index (Phi) is 5.02. The van der Waals surface area contributed by atoms with Gasteiger partial charge in [-0.15, -0.1) is 0 Å². The predicted octanol–water partition coefficient (Wildman–Crippen LogP) is 3.05. The van der Waals surface area contributed by atoms with Crippen LogP contribution in [-0.4, -0.2) is 49.0 Å². The Morgan fingerprint density at radius 3 is 2.67 bits per heavy atom. The SMILES string of the molecule is Cc1ccc(Cl)cc1NC(=O)c1cc(N2CCN(C)CC2)ccn1. The molecule has 6 heteroatoms. The van der Waals surface area contributed by atoms with Crippen molar-refractivity contribution in [2.75, 3.05) is 43.4 Å². The number of carbonyl (C=O) groups excluding carboxylic acids is 1. The van der Waals surface area contributed by atoms with Crippen LogP contribution >= 0.6 is 11.6 Å². The minimum atomic E-state index is -0.226. The van der Waals surface area contributed by atoms with Crippen molar-refractivity contribution < 1.29 is 4.79 Å². The molecule has 0 atom stereocenters. The smallest absolute Gasteiger partial charge is 0.274 e. The highest BCUT2D eigenvalue weighted by atomic mass is 35.5. The number of halogens is 1. The van der Waals surface area contributed by atoms with Gasteiger partial charge in [-0.3, -0.25) is 9.78 Å². The van der Waals surface area contributed by atoms with Crippen molar-refractivity contribution in [1.82, 2.24) is 9.88 Å². The van der Waals surface area contributed by atoms with Crippen molar-refractivity contribution in [3.63, 3.8) is 0 Å². The van der Waals surface area contributed by atoms with Gasteiger partial charge in [-0.05, 0) is 43.8 Å². The fraction of sp³-hybridized carbons (Fsp3) is 0.333. The Balaban J connectivity index is 1.76. The lowest BCUT2D eigenvalue weighted by Gasteiger charge is -2.34. The topological polar surface area (TPSA) is 48.5 Å². The molecule has 0 aliphatic carbocycles. The largest absolute Gasteiger partial charge is 0.369 e. The number of pyridine rings is 1. The van der Waals surface area contributed by atoms with E-state index >= 15 is 0 Å². The van der Waals surface area contributed by atoms with Gasteiger partial charge in [0, 0.05) is 48.8 Å². The first-order valence-electron chi connectivity index (χ1n) is 8.00. The predicted molar refractivity (Wildman–Crippen MR) is 98.1 cm³/mol. The molecule has 24 heavy (non-hydrogen) atoms. The number of likely N-dealkylation sites (N-methyl/N-ethyl adjacent to an activating group) is 1. The summed E-state index contributed by atoms with van der Waals surface area (Å²) < 4.78 is 0. The van der Waals surface area contributed by atoms with Crippen LogP contribution in [0.1, 0.15) is 16.1 Å². The zero-order valence-corrected chi connectivity index (χ0v) is 14.7. The third-order valence-corrected chi connectivity index (χ3v) is 4.53. The van der Waals surface area contributed by atoms with E-state index in [4.69, 9.17) is 11.6 Å². The van der Waals surface area contributed by atoms with Crippen molar-refractivity contribution in [3.8, 4) is 0 Å². The number of aromatic nitrogens is 1. The molecule has 126 valence electrons. The first kappa shape index (κ1) is 16.7. The van der Waals surface area contributed by atoms with Gasteiger partial charge >= 0.3 is 0 Å². The molecule has 2 aromatic rings. The Hall–Kier alpha value is -2.11. The van der Waals surface area contributed by atoms with Gasteiger partial charge in [-0.25, -0.2) is 0 Å². The van der Waals surface area contributed by atoms with E-state index in [1.165, 1.54) is 0 Å². The number of nitrogens with one attached hydrogen (secondary N) is 1. The molecule has 0 radical (unpaired) electrons. The molecule has 0 saturated carbocycles. The lowest BCUT2D eigenvalue weighted by atomic mass is 10.2. The Bertz CT molecular complexity index is 742. The molecule has 1 fully saturated rings. The molecule has 1 aromatic carbocycles. The molecule has 1 saturated heterocycles. The van der Waals surface area contributed by atoms with Crippen LogP contribution in [0.2, 0.25) is 5.02 Å². The summed E-state index contributed by atoms with van der Waals surface area (Å²) in [5.74, 6) is -0.226. The normalized spacial score (nSPS) is 15.4. The average Bonchev–Trinajstić information content (AvgIpc) is 2.59. The highest BCUT2D eigenvalue weighted by Crippen LogP contribution is 2.22. The fourth-order valence-corrected chi connectivity index (χ4v) is 2.89.